The molecule has 140 valence electrons. The zero-order valence-corrected chi connectivity index (χ0v) is 14.8. The highest BCUT2D eigenvalue weighted by Gasteiger charge is 2.18. The molecule has 0 fully saturated rings. The Morgan fingerprint density at radius 2 is 1.50 bits per heavy atom. The van der Waals surface area contributed by atoms with Gasteiger partial charge in [0.15, 0.2) is 0 Å². The van der Waals surface area contributed by atoms with Crippen LogP contribution in [0.25, 0.3) is 11.1 Å². The first-order chi connectivity index (χ1) is 13.5. The third-order valence-corrected chi connectivity index (χ3v) is 4.05. The third-order valence-electron chi connectivity index (χ3n) is 4.05. The molecule has 0 saturated heterocycles. The number of nitrogens with zero attached hydrogens (tertiary/aromatic N) is 1. The normalized spacial score (nSPS) is 10.1. The molecular weight excluding hydrogens is 358 g/mol. The van der Waals surface area contributed by atoms with Gasteiger partial charge in [-0.2, -0.15) is 0 Å². The van der Waals surface area contributed by atoms with Gasteiger partial charge < -0.3 is 10.6 Å². The smallest absolute Gasteiger partial charge is 0.313 e. The highest BCUT2D eigenvalue weighted by molar-refractivity contribution is 6.39. The van der Waals surface area contributed by atoms with Crippen molar-refractivity contribution in [2.45, 2.75) is 6.54 Å². The van der Waals surface area contributed by atoms with Crippen molar-refractivity contribution in [1.82, 2.24) is 5.32 Å². The Bertz CT molecular complexity index is 1000. The lowest BCUT2D eigenvalue weighted by atomic mass is 10.0. The van der Waals surface area contributed by atoms with Crippen LogP contribution in [-0.2, 0) is 16.1 Å². The predicted octanol–water partition coefficient (Wildman–Crippen LogP) is 3.52. The number of benzene rings is 3. The summed E-state index contributed by atoms with van der Waals surface area (Å²) in [5, 5.41) is 16.2. The van der Waals surface area contributed by atoms with Crippen LogP contribution in [0, 0.1) is 10.1 Å². The largest absolute Gasteiger partial charge is 0.344 e. The van der Waals surface area contributed by atoms with E-state index in [0.29, 0.717) is 16.8 Å². The quantitative estimate of drug-likeness (QED) is 0.405. The van der Waals surface area contributed by atoms with E-state index in [1.807, 2.05) is 36.4 Å². The number of rotatable bonds is 5. The second kappa shape index (κ2) is 8.59. The van der Waals surface area contributed by atoms with E-state index in [4.69, 9.17) is 0 Å². The number of anilines is 1. The molecule has 7 nitrogen and oxygen atoms in total. The number of hydrogen-bond donors (Lipinski definition) is 2. The van der Waals surface area contributed by atoms with Crippen LogP contribution in [0.2, 0.25) is 0 Å². The Balaban J connectivity index is 1.78. The van der Waals surface area contributed by atoms with Crippen molar-refractivity contribution in [3.63, 3.8) is 0 Å². The van der Waals surface area contributed by atoms with Crippen LogP contribution >= 0.6 is 0 Å². The van der Waals surface area contributed by atoms with E-state index in [2.05, 4.69) is 10.6 Å². The van der Waals surface area contributed by atoms with Crippen LogP contribution in [0.15, 0.2) is 78.9 Å². The summed E-state index contributed by atoms with van der Waals surface area (Å²) in [6.45, 7) is 0.221. The lowest BCUT2D eigenvalue weighted by Gasteiger charge is -2.11. The van der Waals surface area contributed by atoms with E-state index >= 15 is 0 Å². The fraction of sp³-hybridized carbons (Fsp3) is 0.0476. The van der Waals surface area contributed by atoms with E-state index in [1.54, 1.807) is 24.3 Å². The van der Waals surface area contributed by atoms with Gasteiger partial charge in [0.1, 0.15) is 0 Å². The monoisotopic (exact) mass is 375 g/mol. The van der Waals surface area contributed by atoms with Gasteiger partial charge in [0.2, 0.25) is 0 Å². The third kappa shape index (κ3) is 4.59. The second-order valence-corrected chi connectivity index (χ2v) is 5.98. The molecule has 0 aromatic heterocycles. The zero-order chi connectivity index (χ0) is 19.9. The topological polar surface area (TPSA) is 101 Å². The summed E-state index contributed by atoms with van der Waals surface area (Å²) < 4.78 is 0. The minimum Gasteiger partial charge on any atom is -0.344 e. The summed E-state index contributed by atoms with van der Waals surface area (Å²) in [6, 6.07) is 22.2. The predicted molar refractivity (Wildman–Crippen MR) is 105 cm³/mol. The highest BCUT2D eigenvalue weighted by atomic mass is 16.6. The molecule has 2 amide bonds. The zero-order valence-electron chi connectivity index (χ0n) is 14.8. The molecule has 0 bridgehead atoms. The number of nitrogens with one attached hydrogen (secondary N) is 2. The molecule has 3 rings (SSSR count). The van der Waals surface area contributed by atoms with Gasteiger partial charge in [-0.25, -0.2) is 0 Å². The van der Waals surface area contributed by atoms with Crippen LogP contribution in [0.4, 0.5) is 11.4 Å². The summed E-state index contributed by atoms with van der Waals surface area (Å²) in [7, 11) is 0. The van der Waals surface area contributed by atoms with Gasteiger partial charge in [-0.3, -0.25) is 19.7 Å². The van der Waals surface area contributed by atoms with Gasteiger partial charge in [-0.15, -0.1) is 0 Å². The van der Waals surface area contributed by atoms with Crippen LogP contribution in [-0.4, -0.2) is 16.7 Å². The highest BCUT2D eigenvalue weighted by Crippen LogP contribution is 2.31. The lowest BCUT2D eigenvalue weighted by Crippen LogP contribution is -2.35. The molecule has 28 heavy (non-hydrogen) atoms. The minimum atomic E-state index is -0.845. The molecule has 0 unspecified atom stereocenters. The molecule has 0 aliphatic carbocycles. The maximum Gasteiger partial charge on any atom is 0.313 e. The van der Waals surface area contributed by atoms with Crippen molar-refractivity contribution >= 4 is 23.2 Å². The maximum atomic E-state index is 12.3. The SMILES string of the molecule is O=C(NCc1ccccc1)C(=O)Nc1ccc([N+](=O)[O-])cc1-c1ccccc1. The number of hydrogen-bond acceptors (Lipinski definition) is 4. The molecular formula is C21H17N3O4. The van der Waals surface area contributed by atoms with Crippen LogP contribution in [0.5, 0.6) is 0 Å². The summed E-state index contributed by atoms with van der Waals surface area (Å²) in [6.07, 6.45) is 0. The van der Waals surface area contributed by atoms with Crippen molar-refractivity contribution in [1.29, 1.82) is 0 Å². The fourth-order valence-electron chi connectivity index (χ4n) is 2.65. The van der Waals surface area contributed by atoms with Crippen molar-refractivity contribution in [2.75, 3.05) is 5.32 Å². The van der Waals surface area contributed by atoms with Crippen molar-refractivity contribution in [3.8, 4) is 11.1 Å². The number of nitro groups is 1. The summed E-state index contributed by atoms with van der Waals surface area (Å²) >= 11 is 0. The number of non-ortho nitro benzene ring substituents is 1. The number of carbonyl (C=O) groups is 2. The Kier molecular flexibility index (Phi) is 5.76. The molecule has 0 aliphatic heterocycles. The average molecular weight is 375 g/mol. The maximum absolute atomic E-state index is 12.3. The van der Waals surface area contributed by atoms with E-state index in [1.165, 1.54) is 18.2 Å². The Morgan fingerprint density at radius 1 is 0.857 bits per heavy atom. The number of amides is 2. The first-order valence-corrected chi connectivity index (χ1v) is 8.51. The average Bonchev–Trinajstić information content (AvgIpc) is 2.73. The van der Waals surface area contributed by atoms with E-state index < -0.39 is 16.7 Å². The first kappa shape index (κ1) is 18.8. The van der Waals surface area contributed by atoms with E-state index in [-0.39, 0.29) is 12.2 Å². The Labute approximate surface area is 161 Å². The molecule has 0 atom stereocenters. The lowest BCUT2D eigenvalue weighted by molar-refractivity contribution is -0.384. The number of carbonyl (C=O) groups excluding carboxylic acids is 2. The van der Waals surface area contributed by atoms with Gasteiger partial charge in [0, 0.05) is 29.9 Å². The summed E-state index contributed by atoms with van der Waals surface area (Å²) in [5.41, 5.74) is 2.22. The van der Waals surface area contributed by atoms with Crippen molar-refractivity contribution in [3.05, 3.63) is 94.5 Å². The molecule has 3 aromatic rings. The molecule has 0 saturated carbocycles. The summed E-state index contributed by atoms with van der Waals surface area (Å²) in [4.78, 5) is 35.0. The molecule has 7 heteroatoms. The van der Waals surface area contributed by atoms with Gasteiger partial charge in [-0.05, 0) is 17.2 Å². The van der Waals surface area contributed by atoms with Gasteiger partial charge in [-0.1, -0.05) is 60.7 Å². The molecule has 0 radical (unpaired) electrons. The molecule has 3 aromatic carbocycles. The Morgan fingerprint density at radius 3 is 2.14 bits per heavy atom. The standard InChI is InChI=1S/C21H17N3O4/c25-20(22-14-15-7-3-1-4-8-15)21(26)23-19-12-11-17(24(27)28)13-18(19)16-9-5-2-6-10-16/h1-13H,14H2,(H,22,25)(H,23,26). The molecule has 2 N–H and O–H groups in total. The van der Waals surface area contributed by atoms with Crippen molar-refractivity contribution < 1.29 is 14.5 Å². The molecule has 0 heterocycles. The van der Waals surface area contributed by atoms with Crippen LogP contribution in [0.1, 0.15) is 5.56 Å². The number of nitro benzene ring substituents is 1. The van der Waals surface area contributed by atoms with Gasteiger partial charge in [0.05, 0.1) is 4.92 Å². The first-order valence-electron chi connectivity index (χ1n) is 8.51. The minimum absolute atomic E-state index is 0.106. The van der Waals surface area contributed by atoms with Crippen LogP contribution in [0.3, 0.4) is 0 Å². The van der Waals surface area contributed by atoms with Gasteiger partial charge in [0.25, 0.3) is 5.69 Å². The molecule has 0 spiro atoms. The Hall–Kier alpha value is -4.00. The fourth-order valence-corrected chi connectivity index (χ4v) is 2.65. The van der Waals surface area contributed by atoms with E-state index in [0.717, 1.165) is 5.56 Å². The van der Waals surface area contributed by atoms with Crippen LogP contribution < -0.4 is 10.6 Å². The summed E-state index contributed by atoms with van der Waals surface area (Å²) in [5.74, 6) is -1.64. The van der Waals surface area contributed by atoms with Crippen molar-refractivity contribution in [2.24, 2.45) is 0 Å². The molecule has 0 aliphatic rings. The van der Waals surface area contributed by atoms with Gasteiger partial charge >= 0.3 is 11.8 Å². The second-order valence-electron chi connectivity index (χ2n) is 5.98. The van der Waals surface area contributed by atoms with E-state index in [9.17, 15) is 19.7 Å².